The third kappa shape index (κ3) is 3.44. The zero-order chi connectivity index (χ0) is 18.0. The Morgan fingerprint density at radius 2 is 2.20 bits per heavy atom. The maximum atomic E-state index is 13.0. The van der Waals surface area contributed by atoms with E-state index in [0.29, 0.717) is 18.8 Å². The van der Waals surface area contributed by atoms with Crippen LogP contribution in [-0.2, 0) is 28.8 Å². The summed E-state index contributed by atoms with van der Waals surface area (Å²) >= 11 is 0. The summed E-state index contributed by atoms with van der Waals surface area (Å²) in [5.41, 5.74) is 1.78. The number of amides is 1. The van der Waals surface area contributed by atoms with Crippen LogP contribution in [-0.4, -0.2) is 50.9 Å². The number of methoxy groups -OCH3 is 1. The summed E-state index contributed by atoms with van der Waals surface area (Å²) in [7, 11) is 1.67. The molecule has 2 aromatic rings. The molecule has 0 spiro atoms. The summed E-state index contributed by atoms with van der Waals surface area (Å²) in [5.74, 6) is 2.20. The number of carbonyl (C=O) groups is 1. The van der Waals surface area contributed by atoms with Crippen molar-refractivity contribution in [1.29, 1.82) is 0 Å². The van der Waals surface area contributed by atoms with E-state index in [1.165, 1.54) is 0 Å². The van der Waals surface area contributed by atoms with E-state index in [9.17, 15) is 4.79 Å². The molecule has 1 aliphatic rings. The van der Waals surface area contributed by atoms with E-state index in [2.05, 4.69) is 20.3 Å². The molecule has 2 atom stereocenters. The van der Waals surface area contributed by atoms with Crippen LogP contribution in [0.1, 0.15) is 55.0 Å². The molecule has 1 fully saturated rings. The van der Waals surface area contributed by atoms with Crippen molar-refractivity contribution < 1.29 is 14.1 Å². The molecule has 0 unspecified atom stereocenters. The lowest BCUT2D eigenvalue weighted by molar-refractivity contribution is -0.131. The van der Waals surface area contributed by atoms with Crippen LogP contribution < -0.4 is 0 Å². The molecule has 25 heavy (non-hydrogen) atoms. The van der Waals surface area contributed by atoms with Gasteiger partial charge in [-0.15, -0.1) is 0 Å². The molecule has 0 saturated carbocycles. The minimum atomic E-state index is -0.169. The minimum absolute atomic E-state index is 0.00785. The molecule has 1 N–H and O–H groups in total. The second-order valence-electron chi connectivity index (χ2n) is 6.35. The number of hydrogen-bond acceptors (Lipinski definition) is 6. The molecular weight excluding hydrogens is 322 g/mol. The number of aromatic amines is 1. The maximum absolute atomic E-state index is 13.0. The van der Waals surface area contributed by atoms with E-state index in [-0.39, 0.29) is 24.5 Å². The van der Waals surface area contributed by atoms with Crippen LogP contribution in [0.3, 0.4) is 0 Å². The monoisotopic (exact) mass is 347 g/mol. The molecule has 0 aliphatic carbocycles. The smallest absolute Gasteiger partial charge is 0.227 e. The molecule has 8 nitrogen and oxygen atoms in total. The van der Waals surface area contributed by atoms with Crippen molar-refractivity contribution in [3.8, 4) is 0 Å². The topological polar surface area (TPSA) is 97.1 Å². The molecule has 1 aliphatic heterocycles. The number of likely N-dealkylation sites (tertiary alicyclic amines) is 1. The summed E-state index contributed by atoms with van der Waals surface area (Å²) in [6.45, 7) is 6.41. The second-order valence-corrected chi connectivity index (χ2v) is 6.35. The first-order valence-electron chi connectivity index (χ1n) is 8.74. The average Bonchev–Trinajstić information content (AvgIpc) is 3.31. The molecular formula is C17H25N5O3. The standard InChI is InChI=1S/C17H25N5O3/c1-5-13-12(15(6-2)25-21-13)8-16(23)22-9-11(24-4)7-14(22)17-18-10(3)19-20-17/h11,14H,5-9H2,1-4H3,(H,18,19,20)/t11-,14+/m1/s1. The van der Waals surface area contributed by atoms with Crippen molar-refractivity contribution in [1.82, 2.24) is 25.2 Å². The number of rotatable bonds is 6. The number of H-pyrrole nitrogens is 1. The predicted molar refractivity (Wildman–Crippen MR) is 90.0 cm³/mol. The lowest BCUT2D eigenvalue weighted by atomic mass is 10.1. The van der Waals surface area contributed by atoms with Gasteiger partial charge in [0.25, 0.3) is 0 Å². The predicted octanol–water partition coefficient (Wildman–Crippen LogP) is 1.76. The number of hydrogen-bond donors (Lipinski definition) is 1. The van der Waals surface area contributed by atoms with Crippen LogP contribution in [0.4, 0.5) is 0 Å². The number of ether oxygens (including phenoxy) is 1. The summed E-state index contributed by atoms with van der Waals surface area (Å²) in [6, 6.07) is -0.169. The van der Waals surface area contributed by atoms with Crippen LogP contribution in [0.5, 0.6) is 0 Å². The first kappa shape index (κ1) is 17.6. The van der Waals surface area contributed by atoms with E-state index < -0.39 is 0 Å². The molecule has 136 valence electrons. The highest BCUT2D eigenvalue weighted by molar-refractivity contribution is 5.80. The Bertz CT molecular complexity index is 717. The van der Waals surface area contributed by atoms with Gasteiger partial charge in [-0.3, -0.25) is 9.89 Å². The normalized spacial score (nSPS) is 20.4. The highest BCUT2D eigenvalue weighted by Gasteiger charge is 2.38. The lowest BCUT2D eigenvalue weighted by Gasteiger charge is -2.22. The Labute approximate surface area is 146 Å². The molecule has 0 radical (unpaired) electrons. The zero-order valence-corrected chi connectivity index (χ0v) is 15.2. The maximum Gasteiger partial charge on any atom is 0.227 e. The van der Waals surface area contributed by atoms with Crippen LogP contribution >= 0.6 is 0 Å². The largest absolute Gasteiger partial charge is 0.380 e. The van der Waals surface area contributed by atoms with Gasteiger partial charge in [-0.05, 0) is 13.3 Å². The molecule has 1 saturated heterocycles. The average molecular weight is 347 g/mol. The third-order valence-corrected chi connectivity index (χ3v) is 4.76. The van der Waals surface area contributed by atoms with Crippen molar-refractivity contribution >= 4 is 5.91 Å². The third-order valence-electron chi connectivity index (χ3n) is 4.76. The Morgan fingerprint density at radius 3 is 2.80 bits per heavy atom. The fourth-order valence-corrected chi connectivity index (χ4v) is 3.39. The van der Waals surface area contributed by atoms with Crippen molar-refractivity contribution in [3.05, 3.63) is 28.7 Å². The number of aromatic nitrogens is 4. The quantitative estimate of drug-likeness (QED) is 0.855. The Balaban J connectivity index is 1.83. The van der Waals surface area contributed by atoms with Gasteiger partial charge >= 0.3 is 0 Å². The van der Waals surface area contributed by atoms with Gasteiger partial charge < -0.3 is 14.2 Å². The fraction of sp³-hybridized carbons (Fsp3) is 0.647. The van der Waals surface area contributed by atoms with E-state index >= 15 is 0 Å². The van der Waals surface area contributed by atoms with Crippen LogP contribution in [0, 0.1) is 6.92 Å². The second kappa shape index (κ2) is 7.35. The summed E-state index contributed by atoms with van der Waals surface area (Å²) in [4.78, 5) is 19.3. The first-order valence-corrected chi connectivity index (χ1v) is 8.74. The van der Waals surface area contributed by atoms with E-state index in [1.54, 1.807) is 7.11 Å². The fourth-order valence-electron chi connectivity index (χ4n) is 3.39. The van der Waals surface area contributed by atoms with Crippen molar-refractivity contribution in [2.24, 2.45) is 0 Å². The number of carbonyl (C=O) groups excluding carboxylic acids is 1. The van der Waals surface area contributed by atoms with Crippen molar-refractivity contribution in [3.63, 3.8) is 0 Å². The summed E-state index contributed by atoms with van der Waals surface area (Å²) < 4.78 is 10.9. The Kier molecular flexibility index (Phi) is 5.17. The molecule has 3 rings (SSSR count). The summed E-state index contributed by atoms with van der Waals surface area (Å²) in [5, 5.41) is 11.2. The zero-order valence-electron chi connectivity index (χ0n) is 15.2. The first-order chi connectivity index (χ1) is 12.1. The van der Waals surface area contributed by atoms with Gasteiger partial charge in [-0.1, -0.05) is 19.0 Å². The van der Waals surface area contributed by atoms with Crippen molar-refractivity contribution in [2.45, 2.75) is 58.6 Å². The van der Waals surface area contributed by atoms with Crippen LogP contribution in [0.15, 0.2) is 4.52 Å². The van der Waals surface area contributed by atoms with Gasteiger partial charge in [-0.2, -0.15) is 5.10 Å². The molecule has 3 heterocycles. The SMILES string of the molecule is CCc1noc(CC)c1CC(=O)N1C[C@H](OC)C[C@H]1c1n[nH]c(C)n1. The lowest BCUT2D eigenvalue weighted by Crippen LogP contribution is -2.34. The number of aryl methyl sites for hydroxylation is 3. The van der Waals surface area contributed by atoms with Gasteiger partial charge in [0, 0.05) is 32.1 Å². The number of nitrogens with one attached hydrogen (secondary N) is 1. The highest BCUT2D eigenvalue weighted by atomic mass is 16.5. The van der Waals surface area contributed by atoms with Gasteiger partial charge in [-0.25, -0.2) is 4.98 Å². The molecule has 0 aromatic carbocycles. The molecule has 1 amide bonds. The van der Waals surface area contributed by atoms with Crippen LogP contribution in [0.2, 0.25) is 0 Å². The van der Waals surface area contributed by atoms with E-state index in [4.69, 9.17) is 9.26 Å². The van der Waals surface area contributed by atoms with Crippen LogP contribution in [0.25, 0.3) is 0 Å². The molecule has 8 heteroatoms. The minimum Gasteiger partial charge on any atom is -0.380 e. The molecule has 2 aromatic heterocycles. The van der Waals surface area contributed by atoms with E-state index in [1.807, 2.05) is 25.7 Å². The van der Waals surface area contributed by atoms with Crippen molar-refractivity contribution in [2.75, 3.05) is 13.7 Å². The van der Waals surface area contributed by atoms with Gasteiger partial charge in [0.1, 0.15) is 11.6 Å². The van der Waals surface area contributed by atoms with Gasteiger partial charge in [0.05, 0.1) is 24.3 Å². The summed E-state index contributed by atoms with van der Waals surface area (Å²) in [6.07, 6.45) is 2.44. The Morgan fingerprint density at radius 1 is 1.40 bits per heavy atom. The van der Waals surface area contributed by atoms with Gasteiger partial charge in [0.2, 0.25) is 5.91 Å². The van der Waals surface area contributed by atoms with E-state index in [0.717, 1.165) is 35.7 Å². The molecule has 0 bridgehead atoms. The van der Waals surface area contributed by atoms with Gasteiger partial charge in [0.15, 0.2) is 5.82 Å². The Hall–Kier alpha value is -2.22. The highest BCUT2D eigenvalue weighted by Crippen LogP contribution is 2.32. The number of nitrogens with zero attached hydrogens (tertiary/aromatic N) is 4.